The van der Waals surface area contributed by atoms with Crippen LogP contribution < -0.4 is 14.7 Å². The largest absolute Gasteiger partial charge is 0.353 e. The Balaban J connectivity index is 1.19. The third-order valence-electron chi connectivity index (χ3n) is 7.21. The summed E-state index contributed by atoms with van der Waals surface area (Å²) < 4.78 is 0. The van der Waals surface area contributed by atoms with Crippen LogP contribution in [0, 0.1) is 19.8 Å². The predicted octanol–water partition coefficient (Wildman–Crippen LogP) is 2.40. The van der Waals surface area contributed by atoms with Crippen molar-refractivity contribution in [3.05, 3.63) is 41.6 Å². The number of aromatic nitrogens is 2. The van der Waals surface area contributed by atoms with Gasteiger partial charge in [0, 0.05) is 64.1 Å². The van der Waals surface area contributed by atoms with E-state index in [2.05, 4.69) is 21.7 Å². The second kappa shape index (κ2) is 9.00. The van der Waals surface area contributed by atoms with Gasteiger partial charge in [0.1, 0.15) is 5.82 Å². The first-order valence-electron chi connectivity index (χ1n) is 12.0. The molecule has 0 bridgehead atoms. The van der Waals surface area contributed by atoms with E-state index in [4.69, 9.17) is 4.98 Å². The Morgan fingerprint density at radius 2 is 1.70 bits per heavy atom. The molecule has 4 heterocycles. The summed E-state index contributed by atoms with van der Waals surface area (Å²) in [6.07, 6.45) is 4.51. The number of hydrogen-bond donors (Lipinski definition) is 0. The summed E-state index contributed by atoms with van der Waals surface area (Å²) in [7, 11) is 0. The maximum atomic E-state index is 13.2. The zero-order valence-electron chi connectivity index (χ0n) is 19.5. The highest BCUT2D eigenvalue weighted by Gasteiger charge is 2.38. The molecule has 174 valence electrons. The molecule has 0 aliphatic carbocycles. The minimum atomic E-state index is -0.272. The van der Waals surface area contributed by atoms with Crippen molar-refractivity contribution in [2.75, 3.05) is 60.5 Å². The Bertz CT molecular complexity index is 1040. The number of rotatable bonds is 4. The van der Waals surface area contributed by atoms with Crippen molar-refractivity contribution in [1.29, 1.82) is 0 Å². The molecule has 2 amide bonds. The molecule has 3 saturated heterocycles. The number of amides is 2. The van der Waals surface area contributed by atoms with E-state index in [0.29, 0.717) is 19.6 Å². The summed E-state index contributed by atoms with van der Waals surface area (Å²) >= 11 is 0. The molecule has 3 fully saturated rings. The molecule has 8 heteroatoms. The van der Waals surface area contributed by atoms with Gasteiger partial charge in [0.2, 0.25) is 17.8 Å². The molecule has 0 N–H and O–H groups in total. The Kier molecular flexibility index (Phi) is 5.91. The van der Waals surface area contributed by atoms with Gasteiger partial charge >= 0.3 is 0 Å². The van der Waals surface area contributed by atoms with E-state index < -0.39 is 0 Å². The fourth-order valence-corrected chi connectivity index (χ4v) is 5.01. The number of carbonyl (C=O) groups is 2. The minimum Gasteiger partial charge on any atom is -0.353 e. The highest BCUT2D eigenvalue weighted by Crippen LogP contribution is 2.28. The SMILES string of the molecule is Cc1ccc(N2CC(C(=O)N3CCN(c4ccnc(N5CCCC5)n4)CC3)CC2=O)cc1C. The third-order valence-corrected chi connectivity index (χ3v) is 7.21. The minimum absolute atomic E-state index is 0.0330. The summed E-state index contributed by atoms with van der Waals surface area (Å²) in [5.41, 5.74) is 3.25. The Hall–Kier alpha value is -3.16. The van der Waals surface area contributed by atoms with E-state index in [9.17, 15) is 9.59 Å². The highest BCUT2D eigenvalue weighted by molar-refractivity contribution is 6.00. The number of benzene rings is 1. The number of aryl methyl sites for hydroxylation is 2. The topological polar surface area (TPSA) is 72.9 Å². The fourth-order valence-electron chi connectivity index (χ4n) is 5.01. The molecule has 0 radical (unpaired) electrons. The van der Waals surface area contributed by atoms with Gasteiger partial charge in [-0.2, -0.15) is 4.98 Å². The van der Waals surface area contributed by atoms with Gasteiger partial charge in [0.05, 0.1) is 5.92 Å². The molecule has 33 heavy (non-hydrogen) atoms. The number of anilines is 3. The van der Waals surface area contributed by atoms with Crippen molar-refractivity contribution in [3.8, 4) is 0 Å². The Morgan fingerprint density at radius 1 is 0.939 bits per heavy atom. The molecule has 2 aromatic rings. The first-order valence-corrected chi connectivity index (χ1v) is 12.0. The van der Waals surface area contributed by atoms with Gasteiger partial charge < -0.3 is 19.6 Å². The van der Waals surface area contributed by atoms with Crippen molar-refractivity contribution in [2.24, 2.45) is 5.92 Å². The van der Waals surface area contributed by atoms with Crippen LogP contribution in [0.25, 0.3) is 0 Å². The maximum absolute atomic E-state index is 13.2. The lowest BCUT2D eigenvalue weighted by Crippen LogP contribution is -2.51. The summed E-state index contributed by atoms with van der Waals surface area (Å²) in [4.78, 5) is 43.3. The average Bonchev–Trinajstić information content (AvgIpc) is 3.51. The molecule has 3 aliphatic heterocycles. The second-order valence-corrected chi connectivity index (χ2v) is 9.40. The van der Waals surface area contributed by atoms with Crippen molar-refractivity contribution >= 4 is 29.3 Å². The van der Waals surface area contributed by atoms with Crippen LogP contribution in [-0.2, 0) is 9.59 Å². The standard InChI is InChI=1S/C25H32N6O2/c1-18-5-6-21(15-19(18)2)31-17-20(16-23(31)32)24(33)29-13-11-28(12-14-29)22-7-8-26-25(27-22)30-9-3-4-10-30/h5-8,15,20H,3-4,9-14,16-17H2,1-2H3. The lowest BCUT2D eigenvalue weighted by atomic mass is 10.1. The lowest BCUT2D eigenvalue weighted by molar-refractivity contribution is -0.136. The van der Waals surface area contributed by atoms with Crippen LogP contribution in [0.4, 0.5) is 17.5 Å². The molecule has 0 saturated carbocycles. The van der Waals surface area contributed by atoms with Gasteiger partial charge in [-0.25, -0.2) is 4.98 Å². The van der Waals surface area contributed by atoms with Gasteiger partial charge in [-0.05, 0) is 56.0 Å². The van der Waals surface area contributed by atoms with Crippen molar-refractivity contribution in [3.63, 3.8) is 0 Å². The molecule has 0 spiro atoms. The smallest absolute Gasteiger partial charge is 0.228 e. The van der Waals surface area contributed by atoms with E-state index in [-0.39, 0.29) is 24.2 Å². The summed E-state index contributed by atoms with van der Waals surface area (Å²) in [5, 5.41) is 0. The molecule has 1 unspecified atom stereocenters. The van der Waals surface area contributed by atoms with Crippen LogP contribution in [0.2, 0.25) is 0 Å². The van der Waals surface area contributed by atoms with Crippen LogP contribution in [0.15, 0.2) is 30.5 Å². The molecule has 1 aromatic carbocycles. The fraction of sp³-hybridized carbons (Fsp3) is 0.520. The van der Waals surface area contributed by atoms with Crippen LogP contribution in [-0.4, -0.2) is 72.5 Å². The third kappa shape index (κ3) is 4.38. The molecular weight excluding hydrogens is 416 g/mol. The summed E-state index contributed by atoms with van der Waals surface area (Å²) in [6, 6.07) is 8.00. The maximum Gasteiger partial charge on any atom is 0.228 e. The van der Waals surface area contributed by atoms with Crippen LogP contribution >= 0.6 is 0 Å². The van der Waals surface area contributed by atoms with Crippen molar-refractivity contribution in [2.45, 2.75) is 33.1 Å². The Labute approximate surface area is 195 Å². The number of carbonyl (C=O) groups excluding carboxylic acids is 2. The zero-order valence-corrected chi connectivity index (χ0v) is 19.5. The monoisotopic (exact) mass is 448 g/mol. The van der Waals surface area contributed by atoms with Crippen molar-refractivity contribution in [1.82, 2.24) is 14.9 Å². The molecular formula is C25H32N6O2. The van der Waals surface area contributed by atoms with E-state index in [1.165, 1.54) is 18.4 Å². The summed E-state index contributed by atoms with van der Waals surface area (Å²) in [6.45, 7) is 9.39. The van der Waals surface area contributed by atoms with Crippen LogP contribution in [0.1, 0.15) is 30.4 Å². The van der Waals surface area contributed by atoms with E-state index in [1.54, 1.807) is 4.90 Å². The quantitative estimate of drug-likeness (QED) is 0.715. The van der Waals surface area contributed by atoms with Gasteiger partial charge in [-0.3, -0.25) is 9.59 Å². The molecule has 8 nitrogen and oxygen atoms in total. The zero-order chi connectivity index (χ0) is 22.9. The van der Waals surface area contributed by atoms with Gasteiger partial charge in [-0.1, -0.05) is 6.07 Å². The Morgan fingerprint density at radius 3 is 2.42 bits per heavy atom. The van der Waals surface area contributed by atoms with Gasteiger partial charge in [-0.15, -0.1) is 0 Å². The first kappa shape index (κ1) is 21.7. The summed E-state index contributed by atoms with van der Waals surface area (Å²) in [5.74, 6) is 1.59. The van der Waals surface area contributed by atoms with Gasteiger partial charge in [0.25, 0.3) is 0 Å². The van der Waals surface area contributed by atoms with Crippen LogP contribution in [0.5, 0.6) is 0 Å². The average molecular weight is 449 g/mol. The van der Waals surface area contributed by atoms with Gasteiger partial charge in [0.15, 0.2) is 0 Å². The predicted molar refractivity (Wildman–Crippen MR) is 129 cm³/mol. The van der Waals surface area contributed by atoms with Crippen LogP contribution in [0.3, 0.4) is 0 Å². The number of nitrogens with zero attached hydrogens (tertiary/aromatic N) is 6. The van der Waals surface area contributed by atoms with Crippen molar-refractivity contribution < 1.29 is 9.59 Å². The second-order valence-electron chi connectivity index (χ2n) is 9.40. The molecule has 5 rings (SSSR count). The number of hydrogen-bond acceptors (Lipinski definition) is 6. The van der Waals surface area contributed by atoms with E-state index in [0.717, 1.165) is 49.2 Å². The lowest BCUT2D eigenvalue weighted by Gasteiger charge is -2.36. The first-order chi connectivity index (χ1) is 16.0. The normalized spacial score (nSPS) is 21.3. The molecule has 1 aromatic heterocycles. The highest BCUT2D eigenvalue weighted by atomic mass is 16.2. The molecule has 1 atom stereocenters. The van der Waals surface area contributed by atoms with E-state index >= 15 is 0 Å². The van der Waals surface area contributed by atoms with E-state index in [1.807, 2.05) is 42.3 Å². The number of piperazine rings is 1. The molecule has 3 aliphatic rings.